The Hall–Kier alpha value is -2.36. The lowest BCUT2D eigenvalue weighted by Gasteiger charge is -2.12. The van der Waals surface area contributed by atoms with Crippen LogP contribution in [-0.4, -0.2) is 5.91 Å². The third-order valence-electron chi connectivity index (χ3n) is 2.99. The molecule has 20 heavy (non-hydrogen) atoms. The fourth-order valence-corrected chi connectivity index (χ4v) is 1.93. The number of rotatable bonds is 4. The number of benzene rings is 2. The SMILES string of the molecule is CC(=O)Nc1ccc(C)c(NCc2ccccc2F)c1. The van der Waals surface area contributed by atoms with Crippen LogP contribution in [0.25, 0.3) is 0 Å². The first-order chi connectivity index (χ1) is 9.56. The number of carbonyl (C=O) groups excluding carboxylic acids is 1. The molecule has 0 aliphatic rings. The fourth-order valence-electron chi connectivity index (χ4n) is 1.93. The van der Waals surface area contributed by atoms with E-state index >= 15 is 0 Å². The number of carbonyl (C=O) groups is 1. The van der Waals surface area contributed by atoms with Crippen molar-refractivity contribution in [1.82, 2.24) is 0 Å². The highest BCUT2D eigenvalue weighted by Gasteiger charge is 2.04. The van der Waals surface area contributed by atoms with Crippen LogP contribution in [0.4, 0.5) is 15.8 Å². The summed E-state index contributed by atoms with van der Waals surface area (Å²) in [5.74, 6) is -0.343. The summed E-state index contributed by atoms with van der Waals surface area (Å²) in [7, 11) is 0. The second-order valence-electron chi connectivity index (χ2n) is 4.66. The minimum atomic E-state index is -0.226. The standard InChI is InChI=1S/C16H17FN2O/c1-11-7-8-14(19-12(2)20)9-16(11)18-10-13-5-3-4-6-15(13)17/h3-9,18H,10H2,1-2H3,(H,19,20). The molecule has 2 aromatic carbocycles. The summed E-state index contributed by atoms with van der Waals surface area (Å²) in [5.41, 5.74) is 3.24. The molecule has 0 aliphatic carbocycles. The van der Waals surface area contributed by atoms with Gasteiger partial charge in [-0.05, 0) is 30.7 Å². The molecule has 104 valence electrons. The van der Waals surface area contributed by atoms with Crippen molar-refractivity contribution in [1.29, 1.82) is 0 Å². The van der Waals surface area contributed by atoms with Gasteiger partial charge in [-0.15, -0.1) is 0 Å². The van der Waals surface area contributed by atoms with Gasteiger partial charge in [-0.3, -0.25) is 4.79 Å². The third kappa shape index (κ3) is 3.57. The molecule has 0 spiro atoms. The molecule has 4 heteroatoms. The van der Waals surface area contributed by atoms with Gasteiger partial charge in [0.15, 0.2) is 0 Å². The van der Waals surface area contributed by atoms with E-state index in [0.29, 0.717) is 12.1 Å². The molecule has 3 nitrogen and oxygen atoms in total. The van der Waals surface area contributed by atoms with Crippen LogP contribution in [0.2, 0.25) is 0 Å². The molecule has 0 unspecified atom stereocenters. The van der Waals surface area contributed by atoms with Gasteiger partial charge in [0.05, 0.1) is 0 Å². The normalized spacial score (nSPS) is 10.2. The maximum atomic E-state index is 13.5. The van der Waals surface area contributed by atoms with E-state index in [-0.39, 0.29) is 11.7 Å². The summed E-state index contributed by atoms with van der Waals surface area (Å²) < 4.78 is 13.5. The van der Waals surface area contributed by atoms with E-state index in [4.69, 9.17) is 0 Å². The highest BCUT2D eigenvalue weighted by Crippen LogP contribution is 2.21. The van der Waals surface area contributed by atoms with Crippen molar-refractivity contribution in [2.24, 2.45) is 0 Å². The molecule has 2 aromatic rings. The van der Waals surface area contributed by atoms with Crippen molar-refractivity contribution in [3.05, 3.63) is 59.4 Å². The van der Waals surface area contributed by atoms with Gasteiger partial charge in [0.25, 0.3) is 0 Å². The molecule has 1 amide bonds. The van der Waals surface area contributed by atoms with E-state index in [2.05, 4.69) is 10.6 Å². The zero-order valence-electron chi connectivity index (χ0n) is 11.5. The minimum absolute atomic E-state index is 0.117. The van der Waals surface area contributed by atoms with Crippen LogP contribution in [-0.2, 0) is 11.3 Å². The number of amides is 1. The van der Waals surface area contributed by atoms with E-state index in [1.54, 1.807) is 18.2 Å². The van der Waals surface area contributed by atoms with Crippen LogP contribution < -0.4 is 10.6 Å². The van der Waals surface area contributed by atoms with Crippen LogP contribution in [0.15, 0.2) is 42.5 Å². The quantitative estimate of drug-likeness (QED) is 0.891. The van der Waals surface area contributed by atoms with Crippen molar-refractivity contribution in [3.8, 4) is 0 Å². The van der Waals surface area contributed by atoms with Gasteiger partial charge in [0.1, 0.15) is 5.82 Å². The molecule has 0 heterocycles. The van der Waals surface area contributed by atoms with Gasteiger partial charge in [-0.25, -0.2) is 4.39 Å². The maximum absolute atomic E-state index is 13.5. The monoisotopic (exact) mass is 272 g/mol. The topological polar surface area (TPSA) is 41.1 Å². The van der Waals surface area contributed by atoms with Crippen molar-refractivity contribution < 1.29 is 9.18 Å². The van der Waals surface area contributed by atoms with Gasteiger partial charge < -0.3 is 10.6 Å². The van der Waals surface area contributed by atoms with E-state index < -0.39 is 0 Å². The van der Waals surface area contributed by atoms with E-state index in [9.17, 15) is 9.18 Å². The number of hydrogen-bond acceptors (Lipinski definition) is 2. The highest BCUT2D eigenvalue weighted by molar-refractivity contribution is 5.89. The Balaban J connectivity index is 2.12. The van der Waals surface area contributed by atoms with Crippen LogP contribution in [0.3, 0.4) is 0 Å². The predicted octanol–water partition coefficient (Wildman–Crippen LogP) is 3.70. The van der Waals surface area contributed by atoms with Gasteiger partial charge >= 0.3 is 0 Å². The molecule has 0 fully saturated rings. The van der Waals surface area contributed by atoms with Crippen LogP contribution >= 0.6 is 0 Å². The number of anilines is 2. The summed E-state index contributed by atoms with van der Waals surface area (Å²) in [5, 5.41) is 5.92. The maximum Gasteiger partial charge on any atom is 0.221 e. The summed E-state index contributed by atoms with van der Waals surface area (Å²) in [6.07, 6.45) is 0. The summed E-state index contributed by atoms with van der Waals surface area (Å²) >= 11 is 0. The zero-order valence-corrected chi connectivity index (χ0v) is 11.5. The average Bonchev–Trinajstić information content (AvgIpc) is 2.40. The summed E-state index contributed by atoms with van der Waals surface area (Å²) in [6, 6.07) is 12.3. The van der Waals surface area contributed by atoms with E-state index in [1.165, 1.54) is 13.0 Å². The second-order valence-corrected chi connectivity index (χ2v) is 4.66. The van der Waals surface area contributed by atoms with Gasteiger partial charge in [-0.2, -0.15) is 0 Å². The first-order valence-electron chi connectivity index (χ1n) is 6.42. The molecule has 0 atom stereocenters. The smallest absolute Gasteiger partial charge is 0.221 e. The Labute approximate surface area is 117 Å². The average molecular weight is 272 g/mol. The second kappa shape index (κ2) is 6.19. The molecule has 2 rings (SSSR count). The number of halogens is 1. The van der Waals surface area contributed by atoms with Gasteiger partial charge in [0, 0.05) is 30.4 Å². The highest BCUT2D eigenvalue weighted by atomic mass is 19.1. The Morgan fingerprint density at radius 1 is 1.20 bits per heavy atom. The van der Waals surface area contributed by atoms with Crippen LogP contribution in [0.5, 0.6) is 0 Å². The molecular formula is C16H17FN2O. The van der Waals surface area contributed by atoms with E-state index in [0.717, 1.165) is 16.9 Å². The van der Waals surface area contributed by atoms with Crippen molar-refractivity contribution in [2.45, 2.75) is 20.4 Å². The first kappa shape index (κ1) is 14.1. The molecule has 0 saturated heterocycles. The lowest BCUT2D eigenvalue weighted by Crippen LogP contribution is -2.07. The molecule has 0 aromatic heterocycles. The number of aryl methyl sites for hydroxylation is 1. The summed E-state index contributed by atoms with van der Waals surface area (Å²) in [6.45, 7) is 3.82. The Bertz CT molecular complexity index is 626. The van der Waals surface area contributed by atoms with Crippen LogP contribution in [0.1, 0.15) is 18.1 Å². The molecular weight excluding hydrogens is 255 g/mol. The first-order valence-corrected chi connectivity index (χ1v) is 6.42. The Morgan fingerprint density at radius 2 is 1.95 bits per heavy atom. The van der Waals surface area contributed by atoms with Gasteiger partial charge in [-0.1, -0.05) is 24.3 Å². The molecule has 2 N–H and O–H groups in total. The van der Waals surface area contributed by atoms with Gasteiger partial charge in [0.2, 0.25) is 5.91 Å². The molecule has 0 aliphatic heterocycles. The van der Waals surface area contributed by atoms with Crippen molar-refractivity contribution >= 4 is 17.3 Å². The van der Waals surface area contributed by atoms with E-state index in [1.807, 2.05) is 25.1 Å². The fraction of sp³-hybridized carbons (Fsp3) is 0.188. The number of nitrogens with one attached hydrogen (secondary N) is 2. The lowest BCUT2D eigenvalue weighted by atomic mass is 10.1. The zero-order chi connectivity index (χ0) is 14.5. The third-order valence-corrected chi connectivity index (χ3v) is 2.99. The van der Waals surface area contributed by atoms with Crippen molar-refractivity contribution in [2.75, 3.05) is 10.6 Å². The van der Waals surface area contributed by atoms with Crippen LogP contribution in [0, 0.1) is 12.7 Å². The Kier molecular flexibility index (Phi) is 4.35. The summed E-state index contributed by atoms with van der Waals surface area (Å²) in [4.78, 5) is 11.1. The lowest BCUT2D eigenvalue weighted by molar-refractivity contribution is -0.114. The largest absolute Gasteiger partial charge is 0.381 e. The molecule has 0 bridgehead atoms. The number of hydrogen-bond donors (Lipinski definition) is 2. The molecule has 0 saturated carbocycles. The minimum Gasteiger partial charge on any atom is -0.381 e. The Morgan fingerprint density at radius 3 is 2.65 bits per heavy atom. The molecule has 0 radical (unpaired) electrons. The van der Waals surface area contributed by atoms with Crippen molar-refractivity contribution in [3.63, 3.8) is 0 Å². The predicted molar refractivity (Wildman–Crippen MR) is 79.2 cm³/mol.